The number of nitrogens with one attached hydrogen (secondary N) is 1. The highest BCUT2D eigenvalue weighted by molar-refractivity contribution is 6.42. The van der Waals surface area contributed by atoms with Gasteiger partial charge in [-0.15, -0.1) is 0 Å². The predicted molar refractivity (Wildman–Crippen MR) is 109 cm³/mol. The van der Waals surface area contributed by atoms with Crippen LogP contribution in [0.1, 0.15) is 51.0 Å². The first kappa shape index (κ1) is 21.5. The Balaban J connectivity index is 1.83. The molecular formula is C20H30Cl2N2O2. The Morgan fingerprint density at radius 3 is 2.92 bits per heavy atom. The van der Waals surface area contributed by atoms with Gasteiger partial charge in [-0.1, -0.05) is 54.2 Å². The van der Waals surface area contributed by atoms with Gasteiger partial charge in [-0.25, -0.2) is 0 Å². The Kier molecular flexibility index (Phi) is 9.76. The van der Waals surface area contributed by atoms with E-state index in [2.05, 4.69) is 17.4 Å². The third-order valence-electron chi connectivity index (χ3n) is 4.71. The van der Waals surface area contributed by atoms with Gasteiger partial charge in [0, 0.05) is 12.5 Å². The summed E-state index contributed by atoms with van der Waals surface area (Å²) in [7, 11) is 0. The number of nitrogens with zero attached hydrogens (tertiary/aromatic N) is 1. The average molecular weight is 401 g/mol. The molecule has 1 aromatic carbocycles. The SMILES string of the molecule is CCCCNCC(O)CO/N=C1\CCCCC1Cc1ccc(Cl)c(Cl)c1. The van der Waals surface area contributed by atoms with Gasteiger partial charge >= 0.3 is 0 Å². The van der Waals surface area contributed by atoms with Crippen molar-refractivity contribution in [3.8, 4) is 0 Å². The van der Waals surface area contributed by atoms with Crippen molar-refractivity contribution in [2.75, 3.05) is 19.7 Å². The van der Waals surface area contributed by atoms with Crippen LogP contribution in [0.15, 0.2) is 23.4 Å². The fraction of sp³-hybridized carbons (Fsp3) is 0.650. The molecule has 2 N–H and O–H groups in total. The molecule has 6 heteroatoms. The van der Waals surface area contributed by atoms with Crippen LogP contribution in [0.25, 0.3) is 0 Å². The average Bonchev–Trinajstić information content (AvgIpc) is 2.63. The Hall–Kier alpha value is -0.810. The van der Waals surface area contributed by atoms with E-state index >= 15 is 0 Å². The van der Waals surface area contributed by atoms with Gasteiger partial charge in [0.05, 0.1) is 15.8 Å². The van der Waals surface area contributed by atoms with Crippen LogP contribution in [0.4, 0.5) is 0 Å². The summed E-state index contributed by atoms with van der Waals surface area (Å²) in [5.74, 6) is 0.362. The molecule has 1 aliphatic rings. The lowest BCUT2D eigenvalue weighted by Crippen LogP contribution is -2.31. The maximum Gasteiger partial charge on any atom is 0.144 e. The summed E-state index contributed by atoms with van der Waals surface area (Å²) in [6.07, 6.45) is 7.02. The van der Waals surface area contributed by atoms with Crippen LogP contribution in [0.5, 0.6) is 0 Å². The first-order valence-electron chi connectivity index (χ1n) is 9.61. The molecule has 0 heterocycles. The van der Waals surface area contributed by atoms with Gasteiger partial charge in [-0.2, -0.15) is 0 Å². The molecule has 0 amide bonds. The highest BCUT2D eigenvalue weighted by Crippen LogP contribution is 2.28. The van der Waals surface area contributed by atoms with E-state index in [1.54, 1.807) is 0 Å². The molecule has 0 radical (unpaired) electrons. The molecule has 1 aliphatic carbocycles. The number of aliphatic hydroxyl groups is 1. The summed E-state index contributed by atoms with van der Waals surface area (Å²) in [5, 5.41) is 18.7. The lowest BCUT2D eigenvalue weighted by molar-refractivity contribution is 0.0392. The molecule has 2 atom stereocenters. The van der Waals surface area contributed by atoms with E-state index in [9.17, 15) is 5.11 Å². The fourth-order valence-corrected chi connectivity index (χ4v) is 3.52. The quantitative estimate of drug-likeness (QED) is 0.435. The summed E-state index contributed by atoms with van der Waals surface area (Å²) in [6, 6.07) is 5.80. The van der Waals surface area contributed by atoms with Crippen molar-refractivity contribution in [3.63, 3.8) is 0 Å². The van der Waals surface area contributed by atoms with Crippen molar-refractivity contribution < 1.29 is 9.94 Å². The van der Waals surface area contributed by atoms with E-state index in [0.717, 1.165) is 50.8 Å². The van der Waals surface area contributed by atoms with E-state index in [0.29, 0.717) is 22.5 Å². The van der Waals surface area contributed by atoms with E-state index in [1.165, 1.54) is 12.0 Å². The summed E-state index contributed by atoms with van der Waals surface area (Å²) in [4.78, 5) is 5.45. The number of benzene rings is 1. The molecule has 0 aromatic heterocycles. The van der Waals surface area contributed by atoms with Crippen LogP contribution < -0.4 is 5.32 Å². The Labute approximate surface area is 166 Å². The van der Waals surface area contributed by atoms with Crippen molar-refractivity contribution >= 4 is 28.9 Å². The highest BCUT2D eigenvalue weighted by Gasteiger charge is 2.22. The zero-order valence-corrected chi connectivity index (χ0v) is 17.0. The van der Waals surface area contributed by atoms with Crippen LogP contribution >= 0.6 is 23.2 Å². The van der Waals surface area contributed by atoms with E-state index in [4.69, 9.17) is 28.0 Å². The van der Waals surface area contributed by atoms with Crippen LogP contribution in [0, 0.1) is 5.92 Å². The molecule has 0 bridgehead atoms. The minimum Gasteiger partial charge on any atom is -0.393 e. The minimum absolute atomic E-state index is 0.224. The predicted octanol–water partition coefficient (Wildman–Crippen LogP) is 4.85. The van der Waals surface area contributed by atoms with Gasteiger partial charge in [0.15, 0.2) is 0 Å². The van der Waals surface area contributed by atoms with Crippen molar-refractivity contribution in [1.82, 2.24) is 5.32 Å². The molecule has 146 valence electrons. The summed E-state index contributed by atoms with van der Waals surface area (Å²) in [6.45, 7) is 3.84. The van der Waals surface area contributed by atoms with E-state index in [-0.39, 0.29) is 6.61 Å². The number of halogens is 2. The van der Waals surface area contributed by atoms with E-state index < -0.39 is 6.10 Å². The summed E-state index contributed by atoms with van der Waals surface area (Å²) < 4.78 is 0. The topological polar surface area (TPSA) is 53.8 Å². The Bertz CT molecular complexity index is 581. The number of aliphatic hydroxyl groups excluding tert-OH is 1. The Morgan fingerprint density at radius 1 is 1.31 bits per heavy atom. The van der Waals surface area contributed by atoms with Crippen molar-refractivity contribution in [2.45, 2.75) is 58.0 Å². The fourth-order valence-electron chi connectivity index (χ4n) is 3.19. The number of rotatable bonds is 10. The summed E-state index contributed by atoms with van der Waals surface area (Å²) >= 11 is 12.1. The maximum absolute atomic E-state index is 9.95. The smallest absolute Gasteiger partial charge is 0.144 e. The number of unbranched alkanes of at least 4 members (excludes halogenated alkanes) is 1. The van der Waals surface area contributed by atoms with E-state index in [1.807, 2.05) is 18.2 Å². The first-order valence-corrected chi connectivity index (χ1v) is 10.4. The maximum atomic E-state index is 9.95. The van der Waals surface area contributed by atoms with Crippen LogP contribution in [0.3, 0.4) is 0 Å². The van der Waals surface area contributed by atoms with Crippen LogP contribution in [0.2, 0.25) is 10.0 Å². The van der Waals surface area contributed by atoms with Gasteiger partial charge in [0.2, 0.25) is 0 Å². The first-order chi connectivity index (χ1) is 12.6. The largest absolute Gasteiger partial charge is 0.393 e. The second kappa shape index (κ2) is 11.8. The molecular weight excluding hydrogens is 371 g/mol. The molecule has 0 aliphatic heterocycles. The monoisotopic (exact) mass is 400 g/mol. The second-order valence-corrected chi connectivity index (χ2v) is 7.80. The standard InChI is InChI=1S/C20H30Cl2N2O2/c1-2-3-10-23-13-17(25)14-26-24-20-7-5-4-6-16(20)11-15-8-9-18(21)19(22)12-15/h8-9,12,16-17,23,25H,2-7,10-11,13-14H2,1H3/b24-20+. The van der Waals surface area contributed by atoms with Gasteiger partial charge in [0.1, 0.15) is 12.7 Å². The molecule has 2 rings (SSSR count). The van der Waals surface area contributed by atoms with Gasteiger partial charge in [0.25, 0.3) is 0 Å². The zero-order valence-electron chi connectivity index (χ0n) is 15.5. The second-order valence-electron chi connectivity index (χ2n) is 6.99. The number of hydrogen-bond acceptors (Lipinski definition) is 4. The lowest BCUT2D eigenvalue weighted by atomic mass is 9.83. The number of oxime groups is 1. The van der Waals surface area contributed by atoms with Crippen LogP contribution in [-0.2, 0) is 11.3 Å². The molecule has 0 saturated heterocycles. The van der Waals surface area contributed by atoms with Gasteiger partial charge in [-0.3, -0.25) is 0 Å². The normalized spacial score (nSPS) is 20.3. The third-order valence-corrected chi connectivity index (χ3v) is 5.45. The van der Waals surface area contributed by atoms with Gasteiger partial charge < -0.3 is 15.3 Å². The van der Waals surface area contributed by atoms with Crippen LogP contribution in [-0.4, -0.2) is 36.6 Å². The van der Waals surface area contributed by atoms with Crippen molar-refractivity contribution in [1.29, 1.82) is 0 Å². The molecule has 1 fully saturated rings. The molecule has 2 unspecified atom stereocenters. The minimum atomic E-state index is -0.534. The Morgan fingerprint density at radius 2 is 2.15 bits per heavy atom. The van der Waals surface area contributed by atoms with Crippen molar-refractivity contribution in [3.05, 3.63) is 33.8 Å². The number of hydrogen-bond donors (Lipinski definition) is 2. The van der Waals surface area contributed by atoms with Crippen molar-refractivity contribution in [2.24, 2.45) is 11.1 Å². The van der Waals surface area contributed by atoms with Gasteiger partial charge in [-0.05, 0) is 56.3 Å². The molecule has 4 nitrogen and oxygen atoms in total. The highest BCUT2D eigenvalue weighted by atomic mass is 35.5. The lowest BCUT2D eigenvalue weighted by Gasteiger charge is -2.24. The molecule has 1 aromatic rings. The summed E-state index contributed by atoms with van der Waals surface area (Å²) in [5.41, 5.74) is 2.26. The zero-order chi connectivity index (χ0) is 18.8. The third kappa shape index (κ3) is 7.43. The molecule has 1 saturated carbocycles. The molecule has 0 spiro atoms. The molecule has 26 heavy (non-hydrogen) atoms.